The molecule has 154 valence electrons. The Bertz CT molecular complexity index is 977. The van der Waals surface area contributed by atoms with Gasteiger partial charge in [-0.15, -0.1) is 0 Å². The molecule has 0 fully saturated rings. The first-order chi connectivity index (χ1) is 13.9. The molecule has 3 aromatic rings. The normalized spacial score (nSPS) is 13.3. The van der Waals surface area contributed by atoms with Crippen molar-refractivity contribution in [3.05, 3.63) is 59.8 Å². The fourth-order valence-corrected chi connectivity index (χ4v) is 3.52. The molecule has 2 aromatic carbocycles. The van der Waals surface area contributed by atoms with Gasteiger partial charge in [0.1, 0.15) is 0 Å². The lowest BCUT2D eigenvalue weighted by atomic mass is 9.87. The van der Waals surface area contributed by atoms with E-state index < -0.39 is 0 Å². The lowest BCUT2D eigenvalue weighted by molar-refractivity contribution is -0.122. The lowest BCUT2D eigenvalue weighted by Gasteiger charge is -2.22. The molecule has 3 rings (SSSR count). The molecule has 0 bridgehead atoms. The number of aromatic nitrogens is 1. The van der Waals surface area contributed by atoms with Crippen LogP contribution in [-0.2, 0) is 4.79 Å². The number of carbonyl (C=O) groups is 1. The second kappa shape index (κ2) is 9.03. The highest BCUT2D eigenvalue weighted by Crippen LogP contribution is 2.37. The Balaban J connectivity index is 2.01. The van der Waals surface area contributed by atoms with E-state index >= 15 is 0 Å². The topological polar surface area (TPSA) is 63.3 Å². The first-order valence-corrected chi connectivity index (χ1v) is 10.0. The monoisotopic (exact) mass is 394 g/mol. The van der Waals surface area contributed by atoms with E-state index in [4.69, 9.17) is 9.47 Å². The molecule has 5 nitrogen and oxygen atoms in total. The van der Waals surface area contributed by atoms with E-state index in [-0.39, 0.29) is 17.9 Å². The summed E-state index contributed by atoms with van der Waals surface area (Å²) >= 11 is 0. The predicted molar refractivity (Wildman–Crippen MR) is 117 cm³/mol. The summed E-state index contributed by atoms with van der Waals surface area (Å²) < 4.78 is 10.9. The lowest BCUT2D eigenvalue weighted by Crippen LogP contribution is -2.36. The van der Waals surface area contributed by atoms with Crippen LogP contribution in [-0.4, -0.2) is 31.2 Å². The smallest absolute Gasteiger partial charge is 0.221 e. The van der Waals surface area contributed by atoms with Crippen LogP contribution in [0.4, 0.5) is 0 Å². The average molecular weight is 395 g/mol. The minimum atomic E-state index is -0.106. The maximum absolute atomic E-state index is 12.9. The number of nitrogens with one attached hydrogen (secondary N) is 2. The Labute approximate surface area is 172 Å². The summed E-state index contributed by atoms with van der Waals surface area (Å²) in [5.41, 5.74) is 3.17. The molecule has 0 radical (unpaired) electrons. The molecule has 2 N–H and O–H groups in total. The van der Waals surface area contributed by atoms with Crippen molar-refractivity contribution in [2.24, 2.45) is 5.92 Å². The van der Waals surface area contributed by atoms with Gasteiger partial charge in [0.05, 0.1) is 14.2 Å². The number of benzene rings is 2. The molecular weight excluding hydrogens is 364 g/mol. The van der Waals surface area contributed by atoms with Crippen LogP contribution < -0.4 is 14.8 Å². The number of ether oxygens (including phenoxy) is 2. The summed E-state index contributed by atoms with van der Waals surface area (Å²) in [7, 11) is 3.24. The molecule has 0 saturated carbocycles. The van der Waals surface area contributed by atoms with Crippen LogP contribution in [0.2, 0.25) is 0 Å². The summed E-state index contributed by atoms with van der Waals surface area (Å²) in [5.74, 6) is 1.64. The first kappa shape index (κ1) is 20.8. The number of fused-ring (bicyclic) bond motifs is 1. The fourth-order valence-electron chi connectivity index (χ4n) is 3.52. The van der Waals surface area contributed by atoms with Crippen LogP contribution in [0.1, 0.15) is 44.2 Å². The zero-order valence-corrected chi connectivity index (χ0v) is 17.8. The molecule has 0 aliphatic rings. The van der Waals surface area contributed by atoms with Gasteiger partial charge in [-0.05, 0) is 42.2 Å². The molecule has 1 heterocycles. The Hall–Kier alpha value is -2.95. The first-order valence-electron chi connectivity index (χ1n) is 10.0. The van der Waals surface area contributed by atoms with Crippen molar-refractivity contribution in [2.75, 3.05) is 14.2 Å². The van der Waals surface area contributed by atoms with Crippen molar-refractivity contribution < 1.29 is 14.3 Å². The minimum Gasteiger partial charge on any atom is -0.493 e. The number of carbonyl (C=O) groups excluding carboxylic acids is 1. The predicted octanol–water partition coefficient (Wildman–Crippen LogP) is 4.87. The van der Waals surface area contributed by atoms with Crippen LogP contribution in [0, 0.1) is 5.92 Å². The van der Waals surface area contributed by atoms with Gasteiger partial charge in [0, 0.05) is 35.5 Å². The number of H-pyrrole nitrogens is 1. The van der Waals surface area contributed by atoms with E-state index in [1.165, 1.54) is 0 Å². The van der Waals surface area contributed by atoms with E-state index in [1.807, 2.05) is 49.5 Å². The third-order valence-electron chi connectivity index (χ3n) is 5.58. The highest BCUT2D eigenvalue weighted by molar-refractivity contribution is 5.86. The quantitative estimate of drug-likeness (QED) is 0.573. The number of hydrogen-bond acceptors (Lipinski definition) is 3. The molecule has 1 amide bonds. The van der Waals surface area contributed by atoms with Crippen LogP contribution >= 0.6 is 0 Å². The largest absolute Gasteiger partial charge is 0.493 e. The standard InChI is InChI=1S/C24H30N2O3/c1-15(2)16(3)26-24(27)13-19(17-10-11-22(28-4)23(12-17)29-5)20-14-25-21-9-7-6-8-18(20)21/h6-12,14-16,19,25H,13H2,1-5H3,(H,26,27)/t16-,19+/m0/s1. The van der Waals surface area contributed by atoms with Crippen molar-refractivity contribution in [1.29, 1.82) is 0 Å². The van der Waals surface area contributed by atoms with Crippen molar-refractivity contribution in [1.82, 2.24) is 10.3 Å². The number of methoxy groups -OCH3 is 2. The van der Waals surface area contributed by atoms with Crippen LogP contribution in [0.15, 0.2) is 48.7 Å². The van der Waals surface area contributed by atoms with Gasteiger partial charge in [0.15, 0.2) is 11.5 Å². The second-order valence-electron chi connectivity index (χ2n) is 7.76. The molecular formula is C24H30N2O3. The van der Waals surface area contributed by atoms with Crippen molar-refractivity contribution >= 4 is 16.8 Å². The zero-order valence-electron chi connectivity index (χ0n) is 17.8. The van der Waals surface area contributed by atoms with Crippen LogP contribution in [0.5, 0.6) is 11.5 Å². The van der Waals surface area contributed by atoms with E-state index in [9.17, 15) is 4.79 Å². The molecule has 29 heavy (non-hydrogen) atoms. The third kappa shape index (κ3) is 4.56. The summed E-state index contributed by atoms with van der Waals surface area (Å²) in [4.78, 5) is 16.2. The number of amides is 1. The summed E-state index contributed by atoms with van der Waals surface area (Å²) in [6, 6.07) is 14.1. The highest BCUT2D eigenvalue weighted by Gasteiger charge is 2.24. The summed E-state index contributed by atoms with van der Waals surface area (Å²) in [6.07, 6.45) is 2.36. The third-order valence-corrected chi connectivity index (χ3v) is 5.58. The molecule has 0 aliphatic carbocycles. The van der Waals surface area contributed by atoms with Gasteiger partial charge in [-0.2, -0.15) is 0 Å². The number of hydrogen-bond donors (Lipinski definition) is 2. The zero-order chi connectivity index (χ0) is 21.0. The minimum absolute atomic E-state index is 0.0382. The number of aromatic amines is 1. The van der Waals surface area contributed by atoms with Gasteiger partial charge in [-0.25, -0.2) is 0 Å². The molecule has 0 unspecified atom stereocenters. The number of para-hydroxylation sites is 1. The Kier molecular flexibility index (Phi) is 6.47. The van der Waals surface area contributed by atoms with Gasteiger partial charge < -0.3 is 19.8 Å². The second-order valence-corrected chi connectivity index (χ2v) is 7.76. The fraction of sp³-hybridized carbons (Fsp3) is 0.375. The Morgan fingerprint density at radius 2 is 1.76 bits per heavy atom. The van der Waals surface area contributed by atoms with E-state index in [1.54, 1.807) is 14.2 Å². The van der Waals surface area contributed by atoms with Crippen molar-refractivity contribution in [2.45, 2.75) is 39.2 Å². The number of rotatable bonds is 8. The van der Waals surface area contributed by atoms with E-state index in [2.05, 4.69) is 30.2 Å². The van der Waals surface area contributed by atoms with Gasteiger partial charge in [-0.3, -0.25) is 4.79 Å². The van der Waals surface area contributed by atoms with Gasteiger partial charge in [0.25, 0.3) is 0 Å². The van der Waals surface area contributed by atoms with E-state index in [0.717, 1.165) is 22.0 Å². The average Bonchev–Trinajstić information content (AvgIpc) is 3.15. The van der Waals surface area contributed by atoms with E-state index in [0.29, 0.717) is 23.8 Å². The van der Waals surface area contributed by atoms with Crippen LogP contribution in [0.3, 0.4) is 0 Å². The van der Waals surface area contributed by atoms with Gasteiger partial charge in [-0.1, -0.05) is 38.1 Å². The van der Waals surface area contributed by atoms with Crippen molar-refractivity contribution in [3.63, 3.8) is 0 Å². The molecule has 5 heteroatoms. The highest BCUT2D eigenvalue weighted by atomic mass is 16.5. The molecule has 0 spiro atoms. The summed E-state index contributed by atoms with van der Waals surface area (Å²) in [5, 5.41) is 4.26. The SMILES string of the molecule is COc1ccc([C@@H](CC(=O)N[C@@H](C)C(C)C)c2c[nH]c3ccccc23)cc1OC. The van der Waals surface area contributed by atoms with Crippen molar-refractivity contribution in [3.8, 4) is 11.5 Å². The Morgan fingerprint density at radius 1 is 1.03 bits per heavy atom. The molecule has 0 saturated heterocycles. The Morgan fingerprint density at radius 3 is 2.45 bits per heavy atom. The molecule has 2 atom stereocenters. The molecule has 0 aliphatic heterocycles. The molecule has 1 aromatic heterocycles. The van der Waals surface area contributed by atoms with Gasteiger partial charge >= 0.3 is 0 Å². The summed E-state index contributed by atoms with van der Waals surface area (Å²) in [6.45, 7) is 6.26. The van der Waals surface area contributed by atoms with Crippen LogP contribution in [0.25, 0.3) is 10.9 Å². The maximum Gasteiger partial charge on any atom is 0.221 e. The maximum atomic E-state index is 12.9. The van der Waals surface area contributed by atoms with Gasteiger partial charge in [0.2, 0.25) is 5.91 Å².